The van der Waals surface area contributed by atoms with Crippen LogP contribution in [0.1, 0.15) is 35.8 Å². The monoisotopic (exact) mass is 465 g/mol. The Morgan fingerprint density at radius 3 is 2.71 bits per heavy atom. The van der Waals surface area contributed by atoms with E-state index < -0.39 is 0 Å². The Labute approximate surface area is 165 Å². The van der Waals surface area contributed by atoms with E-state index >= 15 is 0 Å². The molecule has 2 rings (SSSR count). The molecule has 1 atom stereocenters. The molecule has 1 amide bonds. The van der Waals surface area contributed by atoms with Gasteiger partial charge in [0.1, 0.15) is 0 Å². The van der Waals surface area contributed by atoms with Crippen LogP contribution >= 0.6 is 35.3 Å². The first kappa shape index (κ1) is 21.1. The van der Waals surface area contributed by atoms with Gasteiger partial charge in [-0.3, -0.25) is 9.79 Å². The number of amides is 1. The number of hydrogen-bond donors (Lipinski definition) is 2. The third-order valence-corrected chi connectivity index (χ3v) is 5.05. The largest absolute Gasteiger partial charge is 0.352 e. The van der Waals surface area contributed by atoms with E-state index in [4.69, 9.17) is 0 Å². The molecule has 0 saturated carbocycles. The predicted octanol–water partition coefficient (Wildman–Crippen LogP) is 2.30. The van der Waals surface area contributed by atoms with Crippen LogP contribution in [0.3, 0.4) is 0 Å². The number of nitrogens with zero attached hydrogens (tertiary/aromatic N) is 3. The highest BCUT2D eigenvalue weighted by Gasteiger charge is 2.27. The van der Waals surface area contributed by atoms with Crippen molar-refractivity contribution < 1.29 is 4.79 Å². The van der Waals surface area contributed by atoms with Crippen molar-refractivity contribution in [1.29, 1.82) is 0 Å². The molecule has 0 bridgehead atoms. The molecule has 1 fully saturated rings. The van der Waals surface area contributed by atoms with E-state index in [9.17, 15) is 4.79 Å². The van der Waals surface area contributed by atoms with E-state index in [-0.39, 0.29) is 41.8 Å². The molecule has 1 saturated heterocycles. The summed E-state index contributed by atoms with van der Waals surface area (Å²) in [6.07, 6.45) is 0.956. The van der Waals surface area contributed by atoms with Crippen molar-refractivity contribution in [1.82, 2.24) is 20.5 Å². The number of aryl methyl sites for hydroxylation is 2. The van der Waals surface area contributed by atoms with Crippen molar-refractivity contribution in [3.8, 4) is 0 Å². The number of likely N-dealkylation sites (tertiary alicyclic amines) is 1. The molecule has 24 heavy (non-hydrogen) atoms. The Morgan fingerprint density at radius 1 is 1.46 bits per heavy atom. The van der Waals surface area contributed by atoms with E-state index in [1.165, 1.54) is 4.88 Å². The molecule has 0 radical (unpaired) electrons. The summed E-state index contributed by atoms with van der Waals surface area (Å²) in [4.78, 5) is 23.9. The zero-order valence-corrected chi connectivity index (χ0v) is 18.2. The second kappa shape index (κ2) is 9.55. The molecule has 0 aromatic carbocycles. The highest BCUT2D eigenvalue weighted by atomic mass is 127. The number of aliphatic imine (C=N–C) groups is 1. The maximum absolute atomic E-state index is 12.0. The molecular formula is C16H28IN5OS. The number of guanidine groups is 1. The van der Waals surface area contributed by atoms with Gasteiger partial charge in [0, 0.05) is 37.0 Å². The lowest BCUT2D eigenvalue weighted by Gasteiger charge is -2.20. The minimum Gasteiger partial charge on any atom is -0.352 e. The quantitative estimate of drug-likeness (QED) is 0.407. The molecule has 1 aromatic rings. The van der Waals surface area contributed by atoms with Crippen LogP contribution in [0.25, 0.3) is 0 Å². The highest BCUT2D eigenvalue weighted by Crippen LogP contribution is 2.16. The lowest BCUT2D eigenvalue weighted by atomic mass is 10.2. The van der Waals surface area contributed by atoms with Gasteiger partial charge in [-0.1, -0.05) is 13.8 Å². The van der Waals surface area contributed by atoms with Crippen molar-refractivity contribution in [3.63, 3.8) is 0 Å². The van der Waals surface area contributed by atoms with Crippen LogP contribution < -0.4 is 10.6 Å². The minimum atomic E-state index is 0. The van der Waals surface area contributed by atoms with Crippen molar-refractivity contribution in [2.75, 3.05) is 20.1 Å². The van der Waals surface area contributed by atoms with E-state index in [1.807, 2.05) is 32.6 Å². The summed E-state index contributed by atoms with van der Waals surface area (Å²) in [7, 11) is 1.77. The van der Waals surface area contributed by atoms with Gasteiger partial charge in [-0.25, -0.2) is 4.98 Å². The molecule has 2 N–H and O–H groups in total. The zero-order valence-electron chi connectivity index (χ0n) is 15.0. The van der Waals surface area contributed by atoms with Gasteiger partial charge in [-0.15, -0.1) is 35.3 Å². The van der Waals surface area contributed by atoms with Gasteiger partial charge in [0.15, 0.2) is 5.96 Å². The Morgan fingerprint density at radius 2 is 2.17 bits per heavy atom. The number of aromatic nitrogens is 1. The van der Waals surface area contributed by atoms with Crippen LogP contribution in [0.5, 0.6) is 0 Å². The summed E-state index contributed by atoms with van der Waals surface area (Å²) in [6, 6.07) is 0.258. The topological polar surface area (TPSA) is 69.6 Å². The normalized spacial score (nSPS) is 17.8. The summed E-state index contributed by atoms with van der Waals surface area (Å²) in [5, 5.41) is 7.84. The lowest BCUT2D eigenvalue weighted by Crippen LogP contribution is -2.45. The van der Waals surface area contributed by atoms with Crippen LogP contribution in [0.4, 0.5) is 0 Å². The molecule has 0 aliphatic carbocycles. The predicted molar refractivity (Wildman–Crippen MR) is 110 cm³/mol. The van der Waals surface area contributed by atoms with Crippen molar-refractivity contribution in [3.05, 3.63) is 15.6 Å². The van der Waals surface area contributed by atoms with Gasteiger partial charge < -0.3 is 15.5 Å². The van der Waals surface area contributed by atoms with Crippen LogP contribution in [0.15, 0.2) is 4.99 Å². The number of hydrogen-bond acceptors (Lipinski definition) is 4. The maximum atomic E-state index is 12.0. The van der Waals surface area contributed by atoms with Gasteiger partial charge in [0.05, 0.1) is 17.2 Å². The number of rotatable bonds is 4. The second-order valence-corrected chi connectivity index (χ2v) is 7.52. The maximum Gasteiger partial charge on any atom is 0.225 e. The van der Waals surface area contributed by atoms with Crippen molar-refractivity contribution in [2.24, 2.45) is 10.9 Å². The number of carbonyl (C=O) groups excluding carboxylic acids is 1. The van der Waals surface area contributed by atoms with Crippen LogP contribution in [0.2, 0.25) is 0 Å². The highest BCUT2D eigenvalue weighted by molar-refractivity contribution is 14.0. The SMILES string of the molecule is CN=C(NCc1sc(C)nc1C)NC1CCN(C(=O)C(C)C)C1.I. The van der Waals surface area contributed by atoms with E-state index in [1.54, 1.807) is 18.4 Å². The average Bonchev–Trinajstić information content (AvgIpc) is 3.09. The Balaban J connectivity index is 0.00000288. The summed E-state index contributed by atoms with van der Waals surface area (Å²) in [6.45, 7) is 10.2. The molecule has 1 aromatic heterocycles. The summed E-state index contributed by atoms with van der Waals surface area (Å²) < 4.78 is 0. The third kappa shape index (κ3) is 5.58. The number of thiazole rings is 1. The number of carbonyl (C=O) groups is 1. The smallest absolute Gasteiger partial charge is 0.225 e. The first-order chi connectivity index (χ1) is 10.9. The molecule has 0 spiro atoms. The zero-order chi connectivity index (χ0) is 17.0. The number of nitrogens with one attached hydrogen (secondary N) is 2. The Bertz CT molecular complexity index is 587. The van der Waals surface area contributed by atoms with Gasteiger partial charge in [-0.2, -0.15) is 0 Å². The molecule has 1 aliphatic rings. The second-order valence-electron chi connectivity index (χ2n) is 6.24. The van der Waals surface area contributed by atoms with Gasteiger partial charge in [0.2, 0.25) is 5.91 Å². The molecule has 1 unspecified atom stereocenters. The van der Waals surface area contributed by atoms with Crippen molar-refractivity contribution in [2.45, 2.75) is 46.7 Å². The Kier molecular flexibility index (Phi) is 8.41. The fourth-order valence-corrected chi connectivity index (χ4v) is 3.61. The molecular weight excluding hydrogens is 437 g/mol. The van der Waals surface area contributed by atoms with Crippen LogP contribution in [-0.4, -0.2) is 47.9 Å². The summed E-state index contributed by atoms with van der Waals surface area (Å²) in [5.74, 6) is 1.07. The van der Waals surface area contributed by atoms with E-state index in [0.29, 0.717) is 0 Å². The van der Waals surface area contributed by atoms with Gasteiger partial charge in [-0.05, 0) is 20.3 Å². The third-order valence-electron chi connectivity index (χ3n) is 3.97. The first-order valence-corrected chi connectivity index (χ1v) is 8.91. The summed E-state index contributed by atoms with van der Waals surface area (Å²) in [5.41, 5.74) is 1.07. The average molecular weight is 465 g/mol. The van der Waals surface area contributed by atoms with Gasteiger partial charge >= 0.3 is 0 Å². The fraction of sp³-hybridized carbons (Fsp3) is 0.688. The molecule has 1 aliphatic heterocycles. The number of halogens is 1. The molecule has 2 heterocycles. The Hall–Kier alpha value is -0.900. The summed E-state index contributed by atoms with van der Waals surface area (Å²) >= 11 is 1.71. The molecule has 136 valence electrons. The van der Waals surface area contributed by atoms with Crippen molar-refractivity contribution >= 4 is 47.2 Å². The van der Waals surface area contributed by atoms with Crippen LogP contribution in [-0.2, 0) is 11.3 Å². The van der Waals surface area contributed by atoms with E-state index in [2.05, 4.69) is 20.6 Å². The standard InChI is InChI=1S/C16H27N5OS.HI/c1-10(2)15(22)21-7-6-13(9-21)20-16(17-5)18-8-14-11(3)19-12(4)23-14;/h10,13H,6-9H2,1-5H3,(H2,17,18,20);1H. The minimum absolute atomic E-state index is 0. The molecule has 8 heteroatoms. The fourth-order valence-electron chi connectivity index (χ4n) is 2.73. The van der Waals surface area contributed by atoms with Gasteiger partial charge in [0.25, 0.3) is 0 Å². The molecule has 6 nitrogen and oxygen atoms in total. The van der Waals surface area contributed by atoms with E-state index in [0.717, 1.165) is 42.7 Å². The lowest BCUT2D eigenvalue weighted by molar-refractivity contribution is -0.133. The first-order valence-electron chi connectivity index (χ1n) is 8.09. The van der Waals surface area contributed by atoms with Crippen LogP contribution in [0, 0.1) is 19.8 Å².